The highest BCUT2D eigenvalue weighted by atomic mass is 16.1. The molecule has 0 spiro atoms. The van der Waals surface area contributed by atoms with Gasteiger partial charge in [0.1, 0.15) is 6.04 Å². The lowest BCUT2D eigenvalue weighted by molar-refractivity contribution is -0.126. The Bertz CT molecular complexity index is 333. The van der Waals surface area contributed by atoms with Gasteiger partial charge in [-0.2, -0.15) is 0 Å². The lowest BCUT2D eigenvalue weighted by atomic mass is 9.96. The molecule has 0 bridgehead atoms. The van der Waals surface area contributed by atoms with Crippen molar-refractivity contribution in [2.75, 3.05) is 0 Å². The first-order valence-corrected chi connectivity index (χ1v) is 4.95. The molecule has 0 saturated heterocycles. The van der Waals surface area contributed by atoms with Crippen LogP contribution in [0.4, 0.5) is 0 Å². The van der Waals surface area contributed by atoms with Crippen LogP contribution in [0, 0.1) is 5.92 Å². The minimum atomic E-state index is -0.524. The second kappa shape index (κ2) is 5.29. The summed E-state index contributed by atoms with van der Waals surface area (Å²) in [6, 6.07) is 8.72. The normalized spacial score (nSPS) is 12.2. The molecule has 1 atom stereocenters. The van der Waals surface area contributed by atoms with E-state index < -0.39 is 6.04 Å². The zero-order valence-corrected chi connectivity index (χ0v) is 8.94. The molecule has 1 aromatic rings. The van der Waals surface area contributed by atoms with Crippen LogP contribution in [0.15, 0.2) is 30.3 Å². The Kier molecular flexibility index (Phi) is 4.03. The molecule has 1 unspecified atom stereocenters. The van der Waals surface area contributed by atoms with Crippen molar-refractivity contribution in [3.05, 3.63) is 35.9 Å². The van der Waals surface area contributed by atoms with Crippen molar-refractivity contribution in [1.82, 2.24) is 5.32 Å². The SMILES string of the molecule is CC(C)C(=O)C(NC=O)c1ccccc1. The van der Waals surface area contributed by atoms with E-state index >= 15 is 0 Å². The second-order valence-corrected chi connectivity index (χ2v) is 3.69. The zero-order chi connectivity index (χ0) is 11.3. The zero-order valence-electron chi connectivity index (χ0n) is 8.94. The minimum Gasteiger partial charge on any atom is -0.345 e. The van der Waals surface area contributed by atoms with Gasteiger partial charge < -0.3 is 5.32 Å². The molecule has 1 amide bonds. The van der Waals surface area contributed by atoms with Crippen LogP contribution in [-0.2, 0) is 9.59 Å². The molecule has 0 aliphatic rings. The lowest BCUT2D eigenvalue weighted by Gasteiger charge is -2.17. The number of Topliss-reactive ketones (excluding diaryl/α,β-unsaturated/α-hetero) is 1. The first-order valence-electron chi connectivity index (χ1n) is 4.95. The van der Waals surface area contributed by atoms with E-state index in [0.29, 0.717) is 6.41 Å². The number of ketones is 1. The Hall–Kier alpha value is -1.64. The third kappa shape index (κ3) is 2.91. The van der Waals surface area contributed by atoms with Gasteiger partial charge >= 0.3 is 0 Å². The number of benzene rings is 1. The highest BCUT2D eigenvalue weighted by molar-refractivity contribution is 5.88. The average Bonchev–Trinajstić information content (AvgIpc) is 2.26. The van der Waals surface area contributed by atoms with Crippen molar-refractivity contribution in [3.63, 3.8) is 0 Å². The fraction of sp³-hybridized carbons (Fsp3) is 0.333. The summed E-state index contributed by atoms with van der Waals surface area (Å²) in [4.78, 5) is 22.3. The molecule has 15 heavy (non-hydrogen) atoms. The van der Waals surface area contributed by atoms with E-state index in [-0.39, 0.29) is 11.7 Å². The number of carbonyl (C=O) groups excluding carboxylic acids is 2. The molecule has 0 saturated carbocycles. The van der Waals surface area contributed by atoms with E-state index in [4.69, 9.17) is 0 Å². The summed E-state index contributed by atoms with van der Waals surface area (Å²) in [7, 11) is 0. The van der Waals surface area contributed by atoms with Crippen molar-refractivity contribution >= 4 is 12.2 Å². The second-order valence-electron chi connectivity index (χ2n) is 3.69. The number of carbonyl (C=O) groups is 2. The van der Waals surface area contributed by atoms with Crippen LogP contribution in [0.25, 0.3) is 0 Å². The Morgan fingerprint density at radius 3 is 2.33 bits per heavy atom. The van der Waals surface area contributed by atoms with Gasteiger partial charge in [0.15, 0.2) is 5.78 Å². The Morgan fingerprint density at radius 1 is 1.27 bits per heavy atom. The van der Waals surface area contributed by atoms with E-state index in [9.17, 15) is 9.59 Å². The number of hydrogen-bond donors (Lipinski definition) is 1. The molecule has 3 heteroatoms. The highest BCUT2D eigenvalue weighted by Gasteiger charge is 2.21. The maximum Gasteiger partial charge on any atom is 0.207 e. The predicted octanol–water partition coefficient (Wildman–Crippen LogP) is 1.70. The van der Waals surface area contributed by atoms with E-state index in [0.717, 1.165) is 5.56 Å². The molecule has 0 aliphatic heterocycles. The fourth-order valence-corrected chi connectivity index (χ4v) is 1.39. The van der Waals surface area contributed by atoms with Crippen LogP contribution in [0.3, 0.4) is 0 Å². The summed E-state index contributed by atoms with van der Waals surface area (Å²) in [6.07, 6.45) is 0.567. The van der Waals surface area contributed by atoms with Crippen molar-refractivity contribution < 1.29 is 9.59 Å². The molecular weight excluding hydrogens is 190 g/mol. The average molecular weight is 205 g/mol. The van der Waals surface area contributed by atoms with Gasteiger partial charge in [0.05, 0.1) is 0 Å². The Morgan fingerprint density at radius 2 is 1.87 bits per heavy atom. The summed E-state index contributed by atoms with van der Waals surface area (Å²) in [6.45, 7) is 3.65. The van der Waals surface area contributed by atoms with Crippen LogP contribution < -0.4 is 5.32 Å². The van der Waals surface area contributed by atoms with Crippen LogP contribution >= 0.6 is 0 Å². The van der Waals surface area contributed by atoms with Crippen molar-refractivity contribution in [3.8, 4) is 0 Å². The number of rotatable bonds is 5. The van der Waals surface area contributed by atoms with E-state index in [1.807, 2.05) is 44.2 Å². The van der Waals surface area contributed by atoms with Gasteiger partial charge in [-0.3, -0.25) is 9.59 Å². The summed E-state index contributed by atoms with van der Waals surface area (Å²) in [5.41, 5.74) is 0.823. The van der Waals surface area contributed by atoms with Crippen molar-refractivity contribution in [2.45, 2.75) is 19.9 Å². The van der Waals surface area contributed by atoms with E-state index in [1.165, 1.54) is 0 Å². The highest BCUT2D eigenvalue weighted by Crippen LogP contribution is 2.16. The van der Waals surface area contributed by atoms with Crippen molar-refractivity contribution in [1.29, 1.82) is 0 Å². The van der Waals surface area contributed by atoms with Gasteiger partial charge in [-0.15, -0.1) is 0 Å². The van der Waals surface area contributed by atoms with E-state index in [2.05, 4.69) is 5.32 Å². The third-order valence-corrected chi connectivity index (χ3v) is 2.22. The van der Waals surface area contributed by atoms with Gasteiger partial charge in [0.2, 0.25) is 6.41 Å². The number of nitrogens with one attached hydrogen (secondary N) is 1. The summed E-state index contributed by atoms with van der Waals surface area (Å²) >= 11 is 0. The van der Waals surface area contributed by atoms with Crippen LogP contribution in [-0.4, -0.2) is 12.2 Å². The third-order valence-electron chi connectivity index (χ3n) is 2.22. The van der Waals surface area contributed by atoms with Gasteiger partial charge in [-0.25, -0.2) is 0 Å². The maximum absolute atomic E-state index is 11.8. The molecule has 1 rings (SSSR count). The van der Waals surface area contributed by atoms with Crippen LogP contribution in [0.5, 0.6) is 0 Å². The van der Waals surface area contributed by atoms with Crippen LogP contribution in [0.1, 0.15) is 25.5 Å². The molecule has 1 aromatic carbocycles. The Labute approximate surface area is 89.5 Å². The topological polar surface area (TPSA) is 46.2 Å². The summed E-state index contributed by atoms with van der Waals surface area (Å²) < 4.78 is 0. The van der Waals surface area contributed by atoms with Crippen LogP contribution in [0.2, 0.25) is 0 Å². The monoisotopic (exact) mass is 205 g/mol. The molecule has 3 nitrogen and oxygen atoms in total. The molecule has 0 heterocycles. The summed E-state index contributed by atoms with van der Waals surface area (Å²) in [5.74, 6) is -0.0732. The molecule has 0 radical (unpaired) electrons. The largest absolute Gasteiger partial charge is 0.345 e. The molecule has 0 aliphatic carbocycles. The molecule has 0 fully saturated rings. The first-order chi connectivity index (χ1) is 7.16. The van der Waals surface area contributed by atoms with Gasteiger partial charge in [0, 0.05) is 5.92 Å². The molecule has 0 aromatic heterocycles. The van der Waals surface area contributed by atoms with Gasteiger partial charge in [-0.1, -0.05) is 44.2 Å². The van der Waals surface area contributed by atoms with Gasteiger partial charge in [0.25, 0.3) is 0 Å². The number of amides is 1. The fourth-order valence-electron chi connectivity index (χ4n) is 1.39. The maximum atomic E-state index is 11.8. The van der Waals surface area contributed by atoms with Crippen molar-refractivity contribution in [2.24, 2.45) is 5.92 Å². The lowest BCUT2D eigenvalue weighted by Crippen LogP contribution is -2.30. The Balaban J connectivity index is 2.93. The van der Waals surface area contributed by atoms with E-state index in [1.54, 1.807) is 0 Å². The predicted molar refractivity (Wildman–Crippen MR) is 58.2 cm³/mol. The molecule has 80 valence electrons. The quantitative estimate of drug-likeness (QED) is 0.744. The molecule has 1 N–H and O–H groups in total. The smallest absolute Gasteiger partial charge is 0.207 e. The van der Waals surface area contributed by atoms with Gasteiger partial charge in [-0.05, 0) is 5.56 Å². The molecular formula is C12H15NO2. The number of hydrogen-bond acceptors (Lipinski definition) is 2. The standard InChI is InChI=1S/C12H15NO2/c1-9(2)12(15)11(13-8-14)10-6-4-3-5-7-10/h3-9,11H,1-2H3,(H,13,14). The summed E-state index contributed by atoms with van der Waals surface area (Å²) in [5, 5.41) is 2.55. The minimum absolute atomic E-state index is 0.0216. The first kappa shape index (κ1) is 11.4.